The maximum absolute atomic E-state index is 12.2. The number of hydrogen-bond acceptors (Lipinski definition) is 5. The SMILES string of the molecule is COC(=O)CCNC(=O)c1ccc(NC(=O)c2cc(C)oc2C)cc1. The summed E-state index contributed by atoms with van der Waals surface area (Å²) in [5, 5.41) is 5.37. The van der Waals surface area contributed by atoms with E-state index in [9.17, 15) is 14.4 Å². The monoisotopic (exact) mass is 344 g/mol. The zero-order valence-electron chi connectivity index (χ0n) is 14.3. The first kappa shape index (κ1) is 18.3. The molecule has 1 heterocycles. The smallest absolute Gasteiger partial charge is 0.307 e. The summed E-state index contributed by atoms with van der Waals surface area (Å²) in [6.45, 7) is 3.70. The number of esters is 1. The Morgan fingerprint density at radius 1 is 1.08 bits per heavy atom. The number of ether oxygens (including phenoxy) is 1. The average molecular weight is 344 g/mol. The van der Waals surface area contributed by atoms with Gasteiger partial charge in [-0.25, -0.2) is 0 Å². The zero-order valence-corrected chi connectivity index (χ0v) is 14.3. The van der Waals surface area contributed by atoms with Gasteiger partial charge in [0.2, 0.25) is 0 Å². The molecule has 2 N–H and O–H groups in total. The molecule has 7 heteroatoms. The molecule has 0 unspecified atom stereocenters. The van der Waals surface area contributed by atoms with Crippen LogP contribution in [0.3, 0.4) is 0 Å². The van der Waals surface area contributed by atoms with Crippen molar-refractivity contribution in [2.24, 2.45) is 0 Å². The molecule has 0 aliphatic carbocycles. The number of methoxy groups -OCH3 is 1. The van der Waals surface area contributed by atoms with E-state index < -0.39 is 0 Å². The number of amides is 2. The highest BCUT2D eigenvalue weighted by atomic mass is 16.5. The molecule has 0 aliphatic rings. The summed E-state index contributed by atoms with van der Waals surface area (Å²) in [4.78, 5) is 35.2. The minimum Gasteiger partial charge on any atom is -0.469 e. The van der Waals surface area contributed by atoms with Crippen molar-refractivity contribution in [2.75, 3.05) is 19.0 Å². The molecule has 2 amide bonds. The second kappa shape index (κ2) is 8.14. The van der Waals surface area contributed by atoms with Crippen LogP contribution in [-0.2, 0) is 9.53 Å². The van der Waals surface area contributed by atoms with E-state index in [1.165, 1.54) is 7.11 Å². The minimum absolute atomic E-state index is 0.111. The van der Waals surface area contributed by atoms with E-state index in [0.29, 0.717) is 28.3 Å². The Labute approximate surface area is 145 Å². The topological polar surface area (TPSA) is 97.6 Å². The van der Waals surface area contributed by atoms with Crippen molar-refractivity contribution in [2.45, 2.75) is 20.3 Å². The van der Waals surface area contributed by atoms with E-state index in [1.807, 2.05) is 0 Å². The van der Waals surface area contributed by atoms with Crippen LogP contribution in [0.5, 0.6) is 0 Å². The molecule has 0 radical (unpaired) electrons. The standard InChI is InChI=1S/C18H20N2O5/c1-11-10-15(12(2)25-11)18(23)20-14-6-4-13(5-7-14)17(22)19-9-8-16(21)24-3/h4-7,10H,8-9H2,1-3H3,(H,19,22)(H,20,23). The van der Waals surface area contributed by atoms with Crippen molar-refractivity contribution in [1.82, 2.24) is 5.32 Å². The van der Waals surface area contributed by atoms with Gasteiger partial charge in [0.15, 0.2) is 0 Å². The summed E-state index contributed by atoms with van der Waals surface area (Å²) in [5.74, 6) is 0.258. The molecule has 2 aromatic rings. The van der Waals surface area contributed by atoms with Gasteiger partial charge in [0, 0.05) is 17.8 Å². The number of aryl methyl sites for hydroxylation is 2. The first-order chi connectivity index (χ1) is 11.9. The molecule has 0 saturated carbocycles. The lowest BCUT2D eigenvalue weighted by Gasteiger charge is -2.07. The van der Waals surface area contributed by atoms with Crippen molar-refractivity contribution in [3.05, 3.63) is 53.0 Å². The van der Waals surface area contributed by atoms with Gasteiger partial charge in [-0.05, 0) is 44.2 Å². The van der Waals surface area contributed by atoms with Crippen molar-refractivity contribution in [1.29, 1.82) is 0 Å². The number of anilines is 1. The van der Waals surface area contributed by atoms with Crippen molar-refractivity contribution < 1.29 is 23.5 Å². The lowest BCUT2D eigenvalue weighted by molar-refractivity contribution is -0.140. The normalized spacial score (nSPS) is 10.2. The molecule has 25 heavy (non-hydrogen) atoms. The van der Waals surface area contributed by atoms with Crippen LogP contribution >= 0.6 is 0 Å². The summed E-state index contributed by atoms with van der Waals surface area (Å²) < 4.78 is 9.84. The third-order valence-electron chi connectivity index (χ3n) is 3.53. The van der Waals surface area contributed by atoms with Crippen LogP contribution in [0, 0.1) is 13.8 Å². The van der Waals surface area contributed by atoms with Gasteiger partial charge in [-0.2, -0.15) is 0 Å². The van der Waals surface area contributed by atoms with Gasteiger partial charge in [0.25, 0.3) is 11.8 Å². The number of benzene rings is 1. The largest absolute Gasteiger partial charge is 0.469 e. The van der Waals surface area contributed by atoms with Crippen molar-refractivity contribution in [3.8, 4) is 0 Å². The van der Waals surface area contributed by atoms with Crippen LogP contribution in [-0.4, -0.2) is 31.4 Å². The highest BCUT2D eigenvalue weighted by Gasteiger charge is 2.14. The van der Waals surface area contributed by atoms with Crippen LogP contribution in [0.4, 0.5) is 5.69 Å². The Balaban J connectivity index is 1.93. The highest BCUT2D eigenvalue weighted by molar-refractivity contribution is 6.05. The summed E-state index contributed by atoms with van der Waals surface area (Å²) in [5.41, 5.74) is 1.47. The Hall–Kier alpha value is -3.09. The zero-order chi connectivity index (χ0) is 18.4. The lowest BCUT2D eigenvalue weighted by Crippen LogP contribution is -2.26. The van der Waals surface area contributed by atoms with Crippen LogP contribution in [0.15, 0.2) is 34.7 Å². The maximum Gasteiger partial charge on any atom is 0.307 e. The summed E-state index contributed by atoms with van der Waals surface area (Å²) in [6, 6.07) is 8.13. The Morgan fingerprint density at radius 2 is 1.76 bits per heavy atom. The summed E-state index contributed by atoms with van der Waals surface area (Å²) in [6.07, 6.45) is 0.111. The van der Waals surface area contributed by atoms with Crippen molar-refractivity contribution >= 4 is 23.5 Å². The molecule has 2 rings (SSSR count). The molecule has 1 aromatic heterocycles. The van der Waals surface area contributed by atoms with Crippen LogP contribution in [0.25, 0.3) is 0 Å². The quantitative estimate of drug-likeness (QED) is 0.785. The Morgan fingerprint density at radius 3 is 2.32 bits per heavy atom. The number of carbonyl (C=O) groups is 3. The number of hydrogen-bond donors (Lipinski definition) is 2. The van der Waals surface area contributed by atoms with E-state index in [-0.39, 0.29) is 30.7 Å². The predicted molar refractivity (Wildman–Crippen MR) is 91.5 cm³/mol. The molecule has 0 saturated heterocycles. The number of nitrogens with one attached hydrogen (secondary N) is 2. The first-order valence-corrected chi connectivity index (χ1v) is 7.74. The summed E-state index contributed by atoms with van der Waals surface area (Å²) >= 11 is 0. The van der Waals surface area contributed by atoms with Gasteiger partial charge in [-0.3, -0.25) is 14.4 Å². The van der Waals surface area contributed by atoms with E-state index in [4.69, 9.17) is 4.42 Å². The molecule has 0 bridgehead atoms. The third kappa shape index (κ3) is 4.94. The Bertz CT molecular complexity index is 777. The van der Waals surface area contributed by atoms with Crippen molar-refractivity contribution in [3.63, 3.8) is 0 Å². The van der Waals surface area contributed by atoms with E-state index in [2.05, 4.69) is 15.4 Å². The molecular weight excluding hydrogens is 324 g/mol. The van der Waals surface area contributed by atoms with Gasteiger partial charge in [-0.1, -0.05) is 0 Å². The van der Waals surface area contributed by atoms with E-state index in [1.54, 1.807) is 44.2 Å². The predicted octanol–water partition coefficient (Wildman–Crippen LogP) is 2.44. The first-order valence-electron chi connectivity index (χ1n) is 7.74. The van der Waals surface area contributed by atoms with Gasteiger partial charge < -0.3 is 19.8 Å². The highest BCUT2D eigenvalue weighted by Crippen LogP contribution is 2.16. The summed E-state index contributed by atoms with van der Waals surface area (Å²) in [7, 11) is 1.30. The van der Waals surface area contributed by atoms with Crippen LogP contribution in [0.2, 0.25) is 0 Å². The molecule has 0 spiro atoms. The fraction of sp³-hybridized carbons (Fsp3) is 0.278. The van der Waals surface area contributed by atoms with Gasteiger partial charge >= 0.3 is 5.97 Å². The van der Waals surface area contributed by atoms with Crippen LogP contribution in [0.1, 0.15) is 38.7 Å². The van der Waals surface area contributed by atoms with Gasteiger partial charge in [0.1, 0.15) is 11.5 Å². The molecule has 1 aromatic carbocycles. The van der Waals surface area contributed by atoms with Gasteiger partial charge in [0.05, 0.1) is 19.1 Å². The molecule has 7 nitrogen and oxygen atoms in total. The maximum atomic E-state index is 12.2. The fourth-order valence-corrected chi connectivity index (χ4v) is 2.24. The van der Waals surface area contributed by atoms with Gasteiger partial charge in [-0.15, -0.1) is 0 Å². The average Bonchev–Trinajstić information content (AvgIpc) is 2.93. The molecule has 132 valence electrons. The Kier molecular flexibility index (Phi) is 5.94. The fourth-order valence-electron chi connectivity index (χ4n) is 2.24. The number of rotatable bonds is 6. The molecular formula is C18H20N2O5. The third-order valence-corrected chi connectivity index (χ3v) is 3.53. The van der Waals surface area contributed by atoms with E-state index in [0.717, 1.165) is 0 Å². The molecule has 0 fully saturated rings. The molecule has 0 aliphatic heterocycles. The van der Waals surface area contributed by atoms with E-state index >= 15 is 0 Å². The second-order valence-electron chi connectivity index (χ2n) is 5.44. The number of carbonyl (C=O) groups excluding carboxylic acids is 3. The second-order valence-corrected chi connectivity index (χ2v) is 5.44. The van der Waals surface area contributed by atoms with Crippen LogP contribution < -0.4 is 10.6 Å². The minimum atomic E-state index is -0.386. The number of furan rings is 1. The molecule has 0 atom stereocenters. The lowest BCUT2D eigenvalue weighted by atomic mass is 10.1.